The minimum absolute atomic E-state index is 0.482. The van der Waals surface area contributed by atoms with Crippen LogP contribution in [0.15, 0.2) is 0 Å². The van der Waals surface area contributed by atoms with Crippen LogP contribution in [-0.4, -0.2) is 74.2 Å². The largest absolute Gasteiger partial charge is 0.389 e. The van der Waals surface area contributed by atoms with Crippen LogP contribution in [0, 0.1) is 6.92 Å². The Kier molecular flexibility index (Phi) is 8.43. The molecule has 0 spiro atoms. The Labute approximate surface area is 175 Å². The lowest BCUT2D eigenvalue weighted by atomic mass is 10.5. The van der Waals surface area contributed by atoms with Gasteiger partial charge in [0.2, 0.25) is 10.3 Å². The minimum Gasteiger partial charge on any atom is -0.389 e. The zero-order chi connectivity index (χ0) is 18.2. The molecule has 26 heavy (non-hydrogen) atoms. The van der Waals surface area contributed by atoms with Crippen molar-refractivity contribution in [3.63, 3.8) is 0 Å². The van der Waals surface area contributed by atoms with E-state index in [1.165, 1.54) is 58.1 Å². The molecule has 0 aliphatic carbocycles. The first kappa shape index (κ1) is 20.3. The summed E-state index contributed by atoms with van der Waals surface area (Å²) in [6, 6.07) is 0.482. The molecular formula is C14H22N6OS5. The Morgan fingerprint density at radius 1 is 0.846 bits per heavy atom. The van der Waals surface area contributed by atoms with E-state index in [1.54, 1.807) is 0 Å². The van der Waals surface area contributed by atoms with E-state index < -0.39 is 0 Å². The quantitative estimate of drug-likeness (QED) is 0.649. The van der Waals surface area contributed by atoms with Crippen molar-refractivity contribution in [3.8, 4) is 6.01 Å². The second-order valence-corrected chi connectivity index (χ2v) is 9.84. The maximum Gasteiger partial charge on any atom is 0.342 e. The lowest BCUT2D eigenvalue weighted by Gasteiger charge is -2.24. The smallest absolute Gasteiger partial charge is 0.342 e. The molecule has 144 valence electrons. The normalized spacial score (nSPS) is 17.6. The van der Waals surface area contributed by atoms with E-state index in [0.717, 1.165) is 42.3 Å². The molecule has 2 saturated heterocycles. The third kappa shape index (κ3) is 6.04. The van der Waals surface area contributed by atoms with Crippen LogP contribution in [0.2, 0.25) is 0 Å². The van der Waals surface area contributed by atoms with Gasteiger partial charge in [0, 0.05) is 78.5 Å². The fraction of sp³-hybridized carbons (Fsp3) is 0.714. The summed E-state index contributed by atoms with van der Waals surface area (Å²) in [6.07, 6.45) is 1.86. The van der Waals surface area contributed by atoms with Gasteiger partial charge in [-0.1, -0.05) is 0 Å². The molecule has 0 unspecified atom stereocenters. The van der Waals surface area contributed by atoms with E-state index in [2.05, 4.69) is 28.5 Å². The molecule has 0 aromatic carbocycles. The van der Waals surface area contributed by atoms with Crippen molar-refractivity contribution < 1.29 is 4.18 Å². The van der Waals surface area contributed by atoms with Crippen LogP contribution in [0.4, 0.5) is 10.3 Å². The predicted octanol–water partition coefficient (Wildman–Crippen LogP) is 3.15. The number of hydrogen-bond donors (Lipinski definition) is 0. The van der Waals surface area contributed by atoms with Gasteiger partial charge in [0.1, 0.15) is 5.82 Å². The second kappa shape index (κ2) is 10.8. The number of aromatic nitrogens is 4. The van der Waals surface area contributed by atoms with Crippen LogP contribution in [0.25, 0.3) is 0 Å². The Morgan fingerprint density at radius 3 is 1.88 bits per heavy atom. The van der Waals surface area contributed by atoms with Gasteiger partial charge in [-0.2, -0.15) is 32.9 Å². The standard InChI is InChI=1S/C7H11N3OS3.C7H11N3S2/c1-12-11-6-8-7(14-9-6)10-2-4-13-5-3-10;1-6-8-7(12-9-6)10-2-4-11-5-3-10/h2-5H2,1H3;2-5H2,1H3. The molecule has 2 aromatic heterocycles. The van der Waals surface area contributed by atoms with E-state index >= 15 is 0 Å². The van der Waals surface area contributed by atoms with Gasteiger partial charge >= 0.3 is 6.01 Å². The molecule has 2 aliphatic rings. The van der Waals surface area contributed by atoms with E-state index in [1.807, 2.05) is 36.7 Å². The van der Waals surface area contributed by atoms with E-state index in [9.17, 15) is 0 Å². The van der Waals surface area contributed by atoms with Gasteiger partial charge in [0.25, 0.3) is 0 Å². The number of anilines is 2. The highest BCUT2D eigenvalue weighted by Crippen LogP contribution is 2.25. The highest BCUT2D eigenvalue weighted by Gasteiger charge is 2.16. The topological polar surface area (TPSA) is 67.3 Å². The van der Waals surface area contributed by atoms with Crippen LogP contribution < -0.4 is 14.0 Å². The molecule has 2 aliphatic heterocycles. The molecule has 0 bridgehead atoms. The summed E-state index contributed by atoms with van der Waals surface area (Å²) in [5.41, 5.74) is 0. The third-order valence-electron chi connectivity index (χ3n) is 3.63. The van der Waals surface area contributed by atoms with Gasteiger partial charge in [-0.15, -0.1) is 4.37 Å². The maximum absolute atomic E-state index is 5.15. The van der Waals surface area contributed by atoms with Crippen molar-refractivity contribution >= 4 is 68.9 Å². The fourth-order valence-corrected chi connectivity index (χ4v) is 5.82. The zero-order valence-electron chi connectivity index (χ0n) is 14.8. The molecular weight excluding hydrogens is 429 g/mol. The first-order valence-corrected chi connectivity index (χ1v) is 13.3. The number of thioether (sulfide) groups is 2. The van der Waals surface area contributed by atoms with Gasteiger partial charge in [-0.3, -0.25) is 0 Å². The Hall–Kier alpha value is -0.430. The van der Waals surface area contributed by atoms with Crippen LogP contribution in [0.1, 0.15) is 5.82 Å². The lowest BCUT2D eigenvalue weighted by molar-refractivity contribution is 0.600. The molecule has 0 N–H and O–H groups in total. The van der Waals surface area contributed by atoms with Crippen LogP contribution in [0.5, 0.6) is 6.01 Å². The Balaban J connectivity index is 0.000000152. The van der Waals surface area contributed by atoms with Crippen LogP contribution in [0.3, 0.4) is 0 Å². The summed E-state index contributed by atoms with van der Waals surface area (Å²) in [5, 5.41) is 2.07. The van der Waals surface area contributed by atoms with Crippen LogP contribution >= 0.6 is 58.6 Å². The Morgan fingerprint density at radius 2 is 1.38 bits per heavy atom. The third-order valence-corrected chi connectivity index (χ3v) is 7.46. The summed E-state index contributed by atoms with van der Waals surface area (Å²) in [4.78, 5) is 13.2. The van der Waals surface area contributed by atoms with Crippen molar-refractivity contribution in [2.45, 2.75) is 6.92 Å². The average Bonchev–Trinajstić information content (AvgIpc) is 3.33. The lowest BCUT2D eigenvalue weighted by Crippen LogP contribution is -2.32. The first-order chi connectivity index (χ1) is 12.8. The summed E-state index contributed by atoms with van der Waals surface area (Å²) in [6.45, 7) is 6.33. The van der Waals surface area contributed by atoms with Gasteiger partial charge in [-0.05, 0) is 6.92 Å². The van der Waals surface area contributed by atoms with Gasteiger partial charge in [-0.25, -0.2) is 4.98 Å². The van der Waals surface area contributed by atoms with Gasteiger partial charge in [0.05, 0.1) is 12.0 Å². The van der Waals surface area contributed by atoms with E-state index in [-0.39, 0.29) is 0 Å². The molecule has 7 nitrogen and oxygen atoms in total. The van der Waals surface area contributed by atoms with Crippen molar-refractivity contribution in [2.75, 3.05) is 65.2 Å². The van der Waals surface area contributed by atoms with Crippen LogP contribution in [-0.2, 0) is 0 Å². The highest BCUT2D eigenvalue weighted by molar-refractivity contribution is 7.99. The fourth-order valence-electron chi connectivity index (χ4n) is 2.36. The summed E-state index contributed by atoms with van der Waals surface area (Å²) in [5.74, 6) is 5.70. The van der Waals surface area contributed by atoms with E-state index in [4.69, 9.17) is 4.18 Å². The molecule has 0 amide bonds. The Bertz CT molecular complexity index is 656. The predicted molar refractivity (Wildman–Crippen MR) is 118 cm³/mol. The molecule has 2 fully saturated rings. The molecule has 2 aromatic rings. The molecule has 0 radical (unpaired) electrons. The minimum atomic E-state index is 0.482. The molecule has 0 saturated carbocycles. The number of rotatable bonds is 4. The molecule has 4 heterocycles. The number of aryl methyl sites for hydroxylation is 1. The molecule has 4 rings (SSSR count). The molecule has 12 heteroatoms. The first-order valence-electron chi connectivity index (χ1n) is 8.26. The van der Waals surface area contributed by atoms with Gasteiger partial charge in [0.15, 0.2) is 0 Å². The van der Waals surface area contributed by atoms with E-state index in [0.29, 0.717) is 6.01 Å². The van der Waals surface area contributed by atoms with Crippen molar-refractivity contribution in [3.05, 3.63) is 5.82 Å². The van der Waals surface area contributed by atoms with Crippen molar-refractivity contribution in [2.24, 2.45) is 0 Å². The zero-order valence-corrected chi connectivity index (χ0v) is 18.9. The van der Waals surface area contributed by atoms with Gasteiger partial charge < -0.3 is 14.0 Å². The van der Waals surface area contributed by atoms with Crippen molar-refractivity contribution in [1.82, 2.24) is 18.7 Å². The maximum atomic E-state index is 5.15. The second-order valence-electron chi connectivity index (χ2n) is 5.43. The summed E-state index contributed by atoms with van der Waals surface area (Å²) < 4.78 is 13.4. The summed E-state index contributed by atoms with van der Waals surface area (Å²) >= 11 is 8.20. The molecule has 0 atom stereocenters. The highest BCUT2D eigenvalue weighted by atomic mass is 32.2. The van der Waals surface area contributed by atoms with Crippen molar-refractivity contribution in [1.29, 1.82) is 0 Å². The SMILES string of the molecule is CSOc1nsc(N2CCSCC2)n1.Cc1nsc(N2CCSCC2)n1. The average molecular weight is 451 g/mol. The number of hydrogen-bond acceptors (Lipinski definition) is 12. The number of nitrogens with zero attached hydrogens (tertiary/aromatic N) is 6. The monoisotopic (exact) mass is 450 g/mol. The summed E-state index contributed by atoms with van der Waals surface area (Å²) in [7, 11) is 0.